The topological polar surface area (TPSA) is 77.8 Å². The van der Waals surface area contributed by atoms with Crippen molar-refractivity contribution < 1.29 is 14.3 Å². The first kappa shape index (κ1) is 13.8. The minimum atomic E-state index is -1.19. The van der Waals surface area contributed by atoms with Gasteiger partial charge in [-0.15, -0.1) is 0 Å². The van der Waals surface area contributed by atoms with E-state index in [4.69, 9.17) is 5.11 Å². The lowest BCUT2D eigenvalue weighted by Crippen LogP contribution is -2.29. The van der Waals surface area contributed by atoms with Crippen LogP contribution in [0.5, 0.6) is 0 Å². The third kappa shape index (κ3) is 3.63. The molecule has 0 amide bonds. The van der Waals surface area contributed by atoms with Crippen LogP contribution in [0.1, 0.15) is 5.56 Å². The predicted molar refractivity (Wildman–Crippen MR) is 65.1 cm³/mol. The number of pyridine rings is 1. The zero-order chi connectivity index (χ0) is 13.5. The molecular formula is C11H13FN4O2. The van der Waals surface area contributed by atoms with E-state index >= 15 is 0 Å². The molecular weight excluding hydrogens is 239 g/mol. The molecule has 96 valence electrons. The van der Waals surface area contributed by atoms with Crippen molar-refractivity contribution in [3.05, 3.63) is 36.0 Å². The molecule has 0 radical (unpaired) electrons. The third-order valence-electron chi connectivity index (χ3n) is 2.01. The number of carboxylic acids is 1. The van der Waals surface area contributed by atoms with Crippen molar-refractivity contribution in [1.29, 1.82) is 0 Å². The number of nitrogens with one attached hydrogen (secondary N) is 1. The standard InChI is InChI=1S/C11H13FN4O2/c1-13-7-16(14-2)6-10(11(17)18)8-3-9(12)5-15-4-8/h3-7,14H,1-2H3,(H,17,18)/b10-6+,13-7?. The highest BCUT2D eigenvalue weighted by Crippen LogP contribution is 2.14. The van der Waals surface area contributed by atoms with E-state index in [0.29, 0.717) is 0 Å². The Balaban J connectivity index is 3.17. The summed E-state index contributed by atoms with van der Waals surface area (Å²) in [6, 6.07) is 1.10. The van der Waals surface area contributed by atoms with Crippen LogP contribution in [-0.4, -0.2) is 41.5 Å². The smallest absolute Gasteiger partial charge is 0.337 e. The molecule has 0 saturated carbocycles. The molecule has 18 heavy (non-hydrogen) atoms. The number of aromatic nitrogens is 1. The van der Waals surface area contributed by atoms with E-state index in [-0.39, 0.29) is 11.1 Å². The lowest BCUT2D eigenvalue weighted by Gasteiger charge is -2.13. The number of hydrogen-bond acceptors (Lipinski definition) is 4. The molecule has 1 rings (SSSR count). The molecule has 6 nitrogen and oxygen atoms in total. The SMILES string of the molecule is CN=CN(/C=C(/C(=O)O)c1cncc(F)c1)NC. The number of halogens is 1. The van der Waals surface area contributed by atoms with Gasteiger partial charge in [0.1, 0.15) is 12.2 Å². The molecule has 0 aliphatic heterocycles. The van der Waals surface area contributed by atoms with Crippen molar-refractivity contribution >= 4 is 17.9 Å². The van der Waals surface area contributed by atoms with Crippen LogP contribution in [-0.2, 0) is 4.79 Å². The van der Waals surface area contributed by atoms with E-state index in [1.807, 2.05) is 0 Å². The van der Waals surface area contributed by atoms with Crippen LogP contribution in [0.2, 0.25) is 0 Å². The average Bonchev–Trinajstić information content (AvgIpc) is 2.33. The second-order valence-corrected chi connectivity index (χ2v) is 3.24. The first-order valence-electron chi connectivity index (χ1n) is 5.02. The maximum absolute atomic E-state index is 13.0. The van der Waals surface area contributed by atoms with Gasteiger partial charge < -0.3 is 5.11 Å². The zero-order valence-corrected chi connectivity index (χ0v) is 9.96. The van der Waals surface area contributed by atoms with Gasteiger partial charge in [-0.1, -0.05) is 0 Å². The minimum Gasteiger partial charge on any atom is -0.478 e. The minimum absolute atomic E-state index is 0.101. The normalized spacial score (nSPS) is 11.8. The van der Waals surface area contributed by atoms with Gasteiger partial charge in [0.15, 0.2) is 0 Å². The van der Waals surface area contributed by atoms with Gasteiger partial charge in [-0.25, -0.2) is 14.6 Å². The molecule has 7 heteroatoms. The molecule has 0 bridgehead atoms. The van der Waals surface area contributed by atoms with E-state index < -0.39 is 11.8 Å². The lowest BCUT2D eigenvalue weighted by atomic mass is 10.1. The highest BCUT2D eigenvalue weighted by atomic mass is 19.1. The van der Waals surface area contributed by atoms with E-state index in [9.17, 15) is 9.18 Å². The van der Waals surface area contributed by atoms with Crippen molar-refractivity contribution in [3.63, 3.8) is 0 Å². The summed E-state index contributed by atoms with van der Waals surface area (Å²) in [5.41, 5.74) is 2.78. The Morgan fingerprint density at radius 2 is 2.33 bits per heavy atom. The van der Waals surface area contributed by atoms with Gasteiger partial charge in [-0.2, -0.15) is 0 Å². The Hall–Kier alpha value is -2.28. The van der Waals surface area contributed by atoms with Gasteiger partial charge in [0.05, 0.1) is 11.8 Å². The molecule has 0 saturated heterocycles. The van der Waals surface area contributed by atoms with Crippen molar-refractivity contribution in [2.75, 3.05) is 14.1 Å². The van der Waals surface area contributed by atoms with Crippen molar-refractivity contribution in [2.45, 2.75) is 0 Å². The number of rotatable bonds is 5. The van der Waals surface area contributed by atoms with E-state index in [0.717, 1.165) is 12.3 Å². The molecule has 1 aromatic rings. The molecule has 0 aliphatic rings. The van der Waals surface area contributed by atoms with Crippen molar-refractivity contribution in [1.82, 2.24) is 15.4 Å². The number of carboxylic acid groups (broad SMARTS) is 1. The van der Waals surface area contributed by atoms with Crippen LogP contribution in [0.3, 0.4) is 0 Å². The van der Waals surface area contributed by atoms with Gasteiger partial charge >= 0.3 is 5.97 Å². The maximum Gasteiger partial charge on any atom is 0.337 e. The summed E-state index contributed by atoms with van der Waals surface area (Å²) in [6.45, 7) is 0. The molecule has 0 aliphatic carbocycles. The van der Waals surface area contributed by atoms with Crippen LogP contribution >= 0.6 is 0 Å². The molecule has 1 aromatic heterocycles. The second kappa shape index (κ2) is 6.45. The number of carbonyl (C=O) groups is 1. The molecule has 2 N–H and O–H groups in total. The summed E-state index contributed by atoms with van der Waals surface area (Å²) in [5, 5.41) is 10.5. The largest absolute Gasteiger partial charge is 0.478 e. The molecule has 0 aromatic carbocycles. The molecule has 1 heterocycles. The zero-order valence-electron chi connectivity index (χ0n) is 9.96. The lowest BCUT2D eigenvalue weighted by molar-refractivity contribution is -0.130. The highest BCUT2D eigenvalue weighted by Gasteiger charge is 2.13. The number of hydrogen-bond donors (Lipinski definition) is 2. The molecule has 0 spiro atoms. The number of nitrogens with zero attached hydrogens (tertiary/aromatic N) is 3. The van der Waals surface area contributed by atoms with Crippen molar-refractivity contribution in [2.24, 2.45) is 4.99 Å². The van der Waals surface area contributed by atoms with Crippen LogP contribution < -0.4 is 5.43 Å². The summed E-state index contributed by atoms with van der Waals surface area (Å²) in [4.78, 5) is 18.5. The maximum atomic E-state index is 13.0. The van der Waals surface area contributed by atoms with Crippen LogP contribution in [0.4, 0.5) is 4.39 Å². The second-order valence-electron chi connectivity index (χ2n) is 3.24. The number of aliphatic imine (C=N–C) groups is 1. The Kier molecular flexibility index (Phi) is 4.94. The summed E-state index contributed by atoms with van der Waals surface area (Å²) in [5.74, 6) is -1.79. The quantitative estimate of drug-likeness (QED) is 0.350. The van der Waals surface area contributed by atoms with Gasteiger partial charge in [0, 0.05) is 32.1 Å². The molecule has 0 atom stereocenters. The van der Waals surface area contributed by atoms with Crippen molar-refractivity contribution in [3.8, 4) is 0 Å². The first-order valence-corrected chi connectivity index (χ1v) is 5.02. The Morgan fingerprint density at radius 1 is 1.61 bits per heavy atom. The Bertz CT molecular complexity index is 488. The molecule has 0 fully saturated rings. The van der Waals surface area contributed by atoms with Crippen LogP contribution in [0.25, 0.3) is 5.57 Å². The van der Waals surface area contributed by atoms with Gasteiger partial charge in [-0.3, -0.25) is 15.0 Å². The number of hydrazine groups is 1. The highest BCUT2D eigenvalue weighted by molar-refractivity contribution is 6.15. The first-order chi connectivity index (χ1) is 8.58. The summed E-state index contributed by atoms with van der Waals surface area (Å²) >= 11 is 0. The third-order valence-corrected chi connectivity index (χ3v) is 2.01. The average molecular weight is 252 g/mol. The summed E-state index contributed by atoms with van der Waals surface area (Å²) in [6.07, 6.45) is 4.95. The number of aliphatic carboxylic acids is 1. The Labute approximate surface area is 103 Å². The predicted octanol–water partition coefficient (Wildman–Crippen LogP) is 0.741. The van der Waals surface area contributed by atoms with Gasteiger partial charge in [-0.05, 0) is 6.07 Å². The summed E-state index contributed by atoms with van der Waals surface area (Å²) in [7, 11) is 3.14. The van der Waals surface area contributed by atoms with E-state index in [1.54, 1.807) is 14.1 Å². The fourth-order valence-electron chi connectivity index (χ4n) is 1.23. The van der Waals surface area contributed by atoms with Crippen LogP contribution in [0, 0.1) is 5.82 Å². The fourth-order valence-corrected chi connectivity index (χ4v) is 1.23. The molecule has 0 unspecified atom stereocenters. The van der Waals surface area contributed by atoms with E-state index in [2.05, 4.69) is 15.4 Å². The van der Waals surface area contributed by atoms with Gasteiger partial charge in [0.25, 0.3) is 0 Å². The summed E-state index contributed by atoms with van der Waals surface area (Å²) < 4.78 is 13.0. The monoisotopic (exact) mass is 252 g/mol. The Morgan fingerprint density at radius 3 is 2.83 bits per heavy atom. The van der Waals surface area contributed by atoms with Gasteiger partial charge in [0.2, 0.25) is 0 Å². The van der Waals surface area contributed by atoms with Crippen LogP contribution in [0.15, 0.2) is 29.7 Å². The van der Waals surface area contributed by atoms with E-state index in [1.165, 1.54) is 23.7 Å². The fraction of sp³-hybridized carbons (Fsp3) is 0.182.